The van der Waals surface area contributed by atoms with Gasteiger partial charge in [-0.2, -0.15) is 0 Å². The quantitative estimate of drug-likeness (QED) is 0.921. The van der Waals surface area contributed by atoms with Crippen LogP contribution in [-0.2, 0) is 11.2 Å². The summed E-state index contributed by atoms with van der Waals surface area (Å²) >= 11 is 6.45. The van der Waals surface area contributed by atoms with Gasteiger partial charge < -0.3 is 15.0 Å². The Hall–Kier alpha value is -0.770. The first-order valence-electron chi connectivity index (χ1n) is 7.17. The lowest BCUT2D eigenvalue weighted by atomic mass is 10.0. The van der Waals surface area contributed by atoms with Crippen molar-refractivity contribution in [2.45, 2.75) is 25.3 Å². The van der Waals surface area contributed by atoms with Crippen LogP contribution in [0.25, 0.3) is 0 Å². The third-order valence-corrected chi connectivity index (χ3v) is 4.31. The zero-order chi connectivity index (χ0) is 13.1. The molecule has 0 spiro atoms. The molecule has 3 nitrogen and oxygen atoms in total. The standard InChI is InChI=1S/C15H21ClN2O/c16-14-11-12(10-13-2-1-5-17-13)3-4-15(14)18-6-8-19-9-7-18/h3-4,11,13,17H,1-2,5-10H2. The summed E-state index contributed by atoms with van der Waals surface area (Å²) in [6, 6.07) is 7.14. The van der Waals surface area contributed by atoms with Crippen LogP contribution >= 0.6 is 11.6 Å². The van der Waals surface area contributed by atoms with E-state index >= 15 is 0 Å². The number of hydrogen-bond acceptors (Lipinski definition) is 3. The van der Waals surface area contributed by atoms with Gasteiger partial charge in [0, 0.05) is 19.1 Å². The van der Waals surface area contributed by atoms with Crippen LogP contribution in [0, 0.1) is 0 Å². The van der Waals surface area contributed by atoms with E-state index in [-0.39, 0.29) is 0 Å². The molecule has 0 aromatic heterocycles. The highest BCUT2D eigenvalue weighted by atomic mass is 35.5. The van der Waals surface area contributed by atoms with Crippen LogP contribution in [0.3, 0.4) is 0 Å². The third kappa shape index (κ3) is 3.22. The predicted molar refractivity (Wildman–Crippen MR) is 79.2 cm³/mol. The number of nitrogens with zero attached hydrogens (tertiary/aromatic N) is 1. The van der Waals surface area contributed by atoms with E-state index in [1.807, 2.05) is 0 Å². The highest BCUT2D eigenvalue weighted by Gasteiger charge is 2.17. The molecule has 0 aliphatic carbocycles. The highest BCUT2D eigenvalue weighted by Crippen LogP contribution is 2.28. The Labute approximate surface area is 119 Å². The number of rotatable bonds is 3. The molecule has 0 radical (unpaired) electrons. The molecule has 2 aliphatic rings. The lowest BCUT2D eigenvalue weighted by Gasteiger charge is -2.29. The maximum absolute atomic E-state index is 6.45. The fourth-order valence-corrected chi connectivity index (χ4v) is 3.28. The van der Waals surface area contributed by atoms with Gasteiger partial charge in [-0.05, 0) is 43.5 Å². The second kappa shape index (κ2) is 6.12. The van der Waals surface area contributed by atoms with Crippen LogP contribution in [0.1, 0.15) is 18.4 Å². The molecule has 2 saturated heterocycles. The third-order valence-electron chi connectivity index (χ3n) is 4.01. The van der Waals surface area contributed by atoms with Gasteiger partial charge in [0.25, 0.3) is 0 Å². The highest BCUT2D eigenvalue weighted by molar-refractivity contribution is 6.33. The van der Waals surface area contributed by atoms with Crippen molar-refractivity contribution in [3.63, 3.8) is 0 Å². The Kier molecular flexibility index (Phi) is 4.26. The van der Waals surface area contributed by atoms with Gasteiger partial charge in [-0.15, -0.1) is 0 Å². The molecule has 2 heterocycles. The topological polar surface area (TPSA) is 24.5 Å². The molecule has 1 unspecified atom stereocenters. The molecule has 104 valence electrons. The smallest absolute Gasteiger partial charge is 0.0642 e. The summed E-state index contributed by atoms with van der Waals surface area (Å²) in [5.74, 6) is 0. The zero-order valence-corrected chi connectivity index (χ0v) is 12.0. The predicted octanol–water partition coefficient (Wildman–Crippen LogP) is 2.47. The van der Waals surface area contributed by atoms with Crippen molar-refractivity contribution < 1.29 is 4.74 Å². The minimum atomic E-state index is 0.630. The lowest BCUT2D eigenvalue weighted by Crippen LogP contribution is -2.36. The number of benzene rings is 1. The van der Waals surface area contributed by atoms with Gasteiger partial charge in [0.15, 0.2) is 0 Å². The summed E-state index contributed by atoms with van der Waals surface area (Å²) in [7, 11) is 0. The van der Waals surface area contributed by atoms with Gasteiger partial charge in [-0.25, -0.2) is 0 Å². The van der Waals surface area contributed by atoms with Gasteiger partial charge in [0.05, 0.1) is 23.9 Å². The van der Waals surface area contributed by atoms with Crippen LogP contribution in [0.5, 0.6) is 0 Å². The number of morpholine rings is 1. The molecular weight excluding hydrogens is 260 g/mol. The normalized spacial score (nSPS) is 23.8. The largest absolute Gasteiger partial charge is 0.378 e. The van der Waals surface area contributed by atoms with E-state index in [1.165, 1.54) is 18.4 Å². The maximum atomic E-state index is 6.45. The second-order valence-electron chi connectivity index (χ2n) is 5.38. The molecule has 2 fully saturated rings. The summed E-state index contributed by atoms with van der Waals surface area (Å²) < 4.78 is 5.38. The van der Waals surface area contributed by atoms with E-state index in [4.69, 9.17) is 16.3 Å². The van der Waals surface area contributed by atoms with Crippen molar-refractivity contribution in [3.05, 3.63) is 28.8 Å². The summed E-state index contributed by atoms with van der Waals surface area (Å²) in [4.78, 5) is 2.31. The first kappa shape index (κ1) is 13.2. The van der Waals surface area contributed by atoms with Crippen molar-refractivity contribution in [1.29, 1.82) is 0 Å². The molecule has 0 saturated carbocycles. The van der Waals surface area contributed by atoms with E-state index in [0.717, 1.165) is 50.0 Å². The molecule has 4 heteroatoms. The van der Waals surface area contributed by atoms with Crippen LogP contribution in [0.15, 0.2) is 18.2 Å². The number of anilines is 1. The molecular formula is C15H21ClN2O. The molecule has 3 rings (SSSR count). The van der Waals surface area contributed by atoms with Gasteiger partial charge >= 0.3 is 0 Å². The zero-order valence-electron chi connectivity index (χ0n) is 11.2. The molecule has 19 heavy (non-hydrogen) atoms. The average molecular weight is 281 g/mol. The number of halogens is 1. The van der Waals surface area contributed by atoms with Gasteiger partial charge in [0.1, 0.15) is 0 Å². The summed E-state index contributed by atoms with van der Waals surface area (Å²) in [5.41, 5.74) is 2.48. The second-order valence-corrected chi connectivity index (χ2v) is 5.79. The fourth-order valence-electron chi connectivity index (χ4n) is 2.95. The first-order valence-corrected chi connectivity index (χ1v) is 7.55. The van der Waals surface area contributed by atoms with Gasteiger partial charge in [-0.3, -0.25) is 0 Å². The molecule has 1 N–H and O–H groups in total. The van der Waals surface area contributed by atoms with Gasteiger partial charge in [0.2, 0.25) is 0 Å². The molecule has 0 bridgehead atoms. The summed E-state index contributed by atoms with van der Waals surface area (Å²) in [6.45, 7) is 4.62. The molecule has 2 aliphatic heterocycles. The lowest BCUT2D eigenvalue weighted by molar-refractivity contribution is 0.122. The number of hydrogen-bond donors (Lipinski definition) is 1. The number of nitrogens with one attached hydrogen (secondary N) is 1. The van der Waals surface area contributed by atoms with Gasteiger partial charge in [-0.1, -0.05) is 17.7 Å². The average Bonchev–Trinajstić information content (AvgIpc) is 2.93. The Morgan fingerprint density at radius 1 is 1.32 bits per heavy atom. The molecule has 1 aromatic rings. The van der Waals surface area contributed by atoms with Crippen molar-refractivity contribution >= 4 is 17.3 Å². The first-order chi connectivity index (χ1) is 9.33. The monoisotopic (exact) mass is 280 g/mol. The van der Waals surface area contributed by atoms with Crippen LogP contribution < -0.4 is 10.2 Å². The van der Waals surface area contributed by atoms with E-state index in [1.54, 1.807) is 0 Å². The maximum Gasteiger partial charge on any atom is 0.0642 e. The SMILES string of the molecule is Clc1cc(CC2CCCN2)ccc1N1CCOCC1. The van der Waals surface area contributed by atoms with Crippen molar-refractivity contribution in [1.82, 2.24) is 5.32 Å². The summed E-state index contributed by atoms with van der Waals surface area (Å²) in [6.07, 6.45) is 3.66. The Morgan fingerprint density at radius 3 is 2.84 bits per heavy atom. The molecule has 1 atom stereocenters. The van der Waals surface area contributed by atoms with Crippen LogP contribution in [0.4, 0.5) is 5.69 Å². The minimum Gasteiger partial charge on any atom is -0.378 e. The Bertz CT molecular complexity index is 426. The molecule has 0 amide bonds. The van der Waals surface area contributed by atoms with Crippen molar-refractivity contribution in [2.75, 3.05) is 37.7 Å². The molecule has 1 aromatic carbocycles. The fraction of sp³-hybridized carbons (Fsp3) is 0.600. The summed E-state index contributed by atoms with van der Waals surface area (Å²) in [5, 5.41) is 4.41. The van der Waals surface area contributed by atoms with Crippen molar-refractivity contribution in [2.24, 2.45) is 0 Å². The van der Waals surface area contributed by atoms with E-state index in [9.17, 15) is 0 Å². The van der Waals surface area contributed by atoms with E-state index in [2.05, 4.69) is 28.4 Å². The Balaban J connectivity index is 1.69. The van der Waals surface area contributed by atoms with E-state index in [0.29, 0.717) is 6.04 Å². The Morgan fingerprint density at radius 2 is 2.16 bits per heavy atom. The van der Waals surface area contributed by atoms with Crippen LogP contribution in [-0.4, -0.2) is 38.9 Å². The number of ether oxygens (including phenoxy) is 1. The van der Waals surface area contributed by atoms with Crippen LogP contribution in [0.2, 0.25) is 5.02 Å². The van der Waals surface area contributed by atoms with E-state index < -0.39 is 0 Å². The van der Waals surface area contributed by atoms with Crippen molar-refractivity contribution in [3.8, 4) is 0 Å². The minimum absolute atomic E-state index is 0.630.